The van der Waals surface area contributed by atoms with Crippen molar-refractivity contribution in [2.45, 2.75) is 45.2 Å². The zero-order valence-corrected chi connectivity index (χ0v) is 12.1. The lowest BCUT2D eigenvalue weighted by molar-refractivity contribution is -0.138. The summed E-state index contributed by atoms with van der Waals surface area (Å²) in [6.45, 7) is 3.79. The summed E-state index contributed by atoms with van der Waals surface area (Å²) in [5.74, 6) is -1.95. The third kappa shape index (κ3) is 4.72. The highest BCUT2D eigenvalue weighted by Gasteiger charge is 2.36. The minimum Gasteiger partial charge on any atom is -0.481 e. The molecular weight excluding hydrogens is 286 g/mol. The van der Waals surface area contributed by atoms with E-state index < -0.39 is 23.5 Å². The number of hydrogen-bond acceptors (Lipinski definition) is 2. The average Bonchev–Trinajstić information content (AvgIpc) is 2.39. The van der Waals surface area contributed by atoms with Gasteiger partial charge in [0.05, 0.1) is 18.1 Å². The van der Waals surface area contributed by atoms with Crippen LogP contribution in [0.4, 0.5) is 17.6 Å². The number of benzene rings is 1. The van der Waals surface area contributed by atoms with Crippen LogP contribution in [0, 0.1) is 11.2 Å². The maximum atomic E-state index is 13.2. The summed E-state index contributed by atoms with van der Waals surface area (Å²) >= 11 is 0. The van der Waals surface area contributed by atoms with E-state index in [2.05, 4.69) is 0 Å². The van der Waals surface area contributed by atoms with E-state index in [-0.39, 0.29) is 18.1 Å². The van der Waals surface area contributed by atoms with E-state index in [1.165, 1.54) is 0 Å². The minimum atomic E-state index is -4.66. The molecule has 21 heavy (non-hydrogen) atoms. The first-order valence-corrected chi connectivity index (χ1v) is 6.89. The fraction of sp³-hybridized carbons (Fsp3) is 0.533. The van der Waals surface area contributed by atoms with Crippen molar-refractivity contribution in [3.8, 4) is 0 Å². The van der Waals surface area contributed by atoms with E-state index in [0.717, 1.165) is 18.6 Å². The fourth-order valence-corrected chi connectivity index (χ4v) is 2.17. The fourth-order valence-electron chi connectivity index (χ4n) is 2.17. The molecule has 0 saturated carbocycles. The highest BCUT2D eigenvalue weighted by Crippen LogP contribution is 2.37. The molecule has 6 heteroatoms. The van der Waals surface area contributed by atoms with Crippen LogP contribution >= 0.6 is 0 Å². The Hall–Kier alpha value is -1.59. The molecule has 0 saturated heterocycles. The molecule has 0 aliphatic carbocycles. The molecule has 0 aliphatic rings. The van der Waals surface area contributed by atoms with E-state index in [0.29, 0.717) is 18.9 Å². The quantitative estimate of drug-likeness (QED) is 0.441. The van der Waals surface area contributed by atoms with Crippen LogP contribution in [0.15, 0.2) is 18.2 Å². The summed E-state index contributed by atoms with van der Waals surface area (Å²) in [6.07, 6.45) is -2.84. The van der Waals surface area contributed by atoms with Crippen LogP contribution < -0.4 is 0 Å². The molecule has 2 nitrogen and oxygen atoms in total. The van der Waals surface area contributed by atoms with E-state index in [9.17, 15) is 17.6 Å². The minimum absolute atomic E-state index is 0.101. The second kappa shape index (κ2) is 7.43. The van der Waals surface area contributed by atoms with E-state index >= 15 is 0 Å². The number of ether oxygens (including phenoxy) is 1. The number of unbranched alkanes of at least 4 members (excludes halogenated alkanes) is 1. The van der Waals surface area contributed by atoms with Crippen molar-refractivity contribution in [1.29, 1.82) is 5.41 Å². The highest BCUT2D eigenvalue weighted by atomic mass is 19.4. The Balaban J connectivity index is 3.26. The van der Waals surface area contributed by atoms with Gasteiger partial charge in [0.2, 0.25) is 0 Å². The summed E-state index contributed by atoms with van der Waals surface area (Å²) in [4.78, 5) is 0. The van der Waals surface area contributed by atoms with Gasteiger partial charge in [0, 0.05) is 0 Å². The molecule has 0 fully saturated rings. The molecule has 1 aromatic carbocycles. The standard InChI is InChI=1S/C15H19F4NO/c1-3-5-6-12(14(20)21-4-2)11-8-7-10(16)9-13(11)15(17,18)19/h7-9,12,20H,3-6H2,1-2H3. The van der Waals surface area contributed by atoms with Crippen LogP contribution in [0.3, 0.4) is 0 Å². The Morgan fingerprint density at radius 2 is 1.95 bits per heavy atom. The average molecular weight is 305 g/mol. The van der Waals surface area contributed by atoms with Crippen molar-refractivity contribution in [3.05, 3.63) is 35.1 Å². The van der Waals surface area contributed by atoms with Gasteiger partial charge >= 0.3 is 6.18 Å². The van der Waals surface area contributed by atoms with Crippen molar-refractivity contribution in [2.75, 3.05) is 6.61 Å². The Labute approximate surface area is 121 Å². The molecule has 0 aliphatic heterocycles. The van der Waals surface area contributed by atoms with Gasteiger partial charge in [-0.1, -0.05) is 25.8 Å². The lowest BCUT2D eigenvalue weighted by Crippen LogP contribution is -2.20. The zero-order chi connectivity index (χ0) is 16.0. The number of halogens is 4. The van der Waals surface area contributed by atoms with Gasteiger partial charge in [-0.3, -0.25) is 5.41 Å². The SMILES string of the molecule is CCCCC(C(=N)OCC)c1ccc(F)cc1C(F)(F)F. The van der Waals surface area contributed by atoms with Crippen molar-refractivity contribution in [2.24, 2.45) is 0 Å². The van der Waals surface area contributed by atoms with Crippen LogP contribution in [0.25, 0.3) is 0 Å². The van der Waals surface area contributed by atoms with Gasteiger partial charge in [-0.25, -0.2) is 4.39 Å². The lowest BCUT2D eigenvalue weighted by atomic mass is 9.89. The molecule has 1 unspecified atom stereocenters. The molecule has 1 atom stereocenters. The highest BCUT2D eigenvalue weighted by molar-refractivity contribution is 5.81. The van der Waals surface area contributed by atoms with Gasteiger partial charge < -0.3 is 4.74 Å². The maximum Gasteiger partial charge on any atom is 0.416 e. The topological polar surface area (TPSA) is 33.1 Å². The Morgan fingerprint density at radius 3 is 2.48 bits per heavy atom. The maximum absolute atomic E-state index is 13.2. The van der Waals surface area contributed by atoms with Crippen molar-refractivity contribution < 1.29 is 22.3 Å². The molecule has 0 heterocycles. The predicted molar refractivity (Wildman–Crippen MR) is 73.0 cm³/mol. The smallest absolute Gasteiger partial charge is 0.416 e. The van der Waals surface area contributed by atoms with Gasteiger partial charge in [0.15, 0.2) is 5.90 Å². The molecule has 0 bridgehead atoms. The summed E-state index contributed by atoms with van der Waals surface area (Å²) in [5, 5.41) is 7.83. The summed E-state index contributed by atoms with van der Waals surface area (Å²) in [6, 6.07) is 2.57. The van der Waals surface area contributed by atoms with E-state index in [1.54, 1.807) is 6.92 Å². The normalized spacial score (nSPS) is 13.0. The molecule has 1 rings (SSSR count). The van der Waals surface area contributed by atoms with Gasteiger partial charge in [-0.2, -0.15) is 13.2 Å². The number of hydrogen-bond donors (Lipinski definition) is 1. The number of nitrogens with one attached hydrogen (secondary N) is 1. The van der Waals surface area contributed by atoms with E-state index in [1.807, 2.05) is 6.92 Å². The van der Waals surface area contributed by atoms with Crippen LogP contribution in [-0.4, -0.2) is 12.5 Å². The predicted octanol–water partition coefficient (Wildman–Crippen LogP) is 5.13. The molecule has 0 aromatic heterocycles. The Kier molecular flexibility index (Phi) is 6.18. The summed E-state index contributed by atoms with van der Waals surface area (Å²) in [7, 11) is 0. The van der Waals surface area contributed by atoms with Crippen molar-refractivity contribution in [1.82, 2.24) is 0 Å². The second-order valence-corrected chi connectivity index (χ2v) is 4.72. The molecule has 0 spiro atoms. The second-order valence-electron chi connectivity index (χ2n) is 4.72. The van der Waals surface area contributed by atoms with Crippen molar-refractivity contribution >= 4 is 5.90 Å². The number of alkyl halides is 3. The summed E-state index contributed by atoms with van der Waals surface area (Å²) < 4.78 is 57.5. The summed E-state index contributed by atoms with van der Waals surface area (Å²) in [5.41, 5.74) is -1.14. The Morgan fingerprint density at radius 1 is 1.29 bits per heavy atom. The van der Waals surface area contributed by atoms with E-state index in [4.69, 9.17) is 10.1 Å². The van der Waals surface area contributed by atoms with Crippen molar-refractivity contribution in [3.63, 3.8) is 0 Å². The van der Waals surface area contributed by atoms with Crippen LogP contribution in [0.2, 0.25) is 0 Å². The zero-order valence-electron chi connectivity index (χ0n) is 12.1. The van der Waals surface area contributed by atoms with Gasteiger partial charge in [-0.15, -0.1) is 0 Å². The van der Waals surface area contributed by atoms with Gasteiger partial charge in [0.1, 0.15) is 5.82 Å². The third-order valence-corrected chi connectivity index (χ3v) is 3.16. The molecule has 118 valence electrons. The molecular formula is C15H19F4NO. The first-order valence-electron chi connectivity index (χ1n) is 6.89. The monoisotopic (exact) mass is 305 g/mol. The molecule has 0 radical (unpaired) electrons. The number of rotatable bonds is 6. The first-order chi connectivity index (χ1) is 9.81. The Bertz CT molecular complexity index is 485. The molecule has 1 N–H and O–H groups in total. The largest absolute Gasteiger partial charge is 0.481 e. The van der Waals surface area contributed by atoms with Crippen LogP contribution in [0.5, 0.6) is 0 Å². The van der Waals surface area contributed by atoms with Gasteiger partial charge in [-0.05, 0) is 31.0 Å². The van der Waals surface area contributed by atoms with Gasteiger partial charge in [0.25, 0.3) is 0 Å². The first kappa shape index (κ1) is 17.5. The molecule has 1 aromatic rings. The van der Waals surface area contributed by atoms with Crippen LogP contribution in [-0.2, 0) is 10.9 Å². The molecule has 0 amide bonds. The third-order valence-electron chi connectivity index (χ3n) is 3.16. The van der Waals surface area contributed by atoms with Crippen LogP contribution in [0.1, 0.15) is 50.2 Å². The lowest BCUT2D eigenvalue weighted by Gasteiger charge is -2.22.